The molecule has 0 atom stereocenters. The van der Waals surface area contributed by atoms with Gasteiger partial charge in [0.2, 0.25) is 5.91 Å². The number of carbonyl (C=O) groups excluding carboxylic acids is 1. The van der Waals surface area contributed by atoms with Gasteiger partial charge in [0.1, 0.15) is 0 Å². The van der Waals surface area contributed by atoms with Crippen LogP contribution in [0.1, 0.15) is 30.9 Å². The molecular formula is C13H18N2O. The number of hydrogen-bond donors (Lipinski definition) is 1. The minimum atomic E-state index is 0.213. The normalized spacial score (nSPS) is 14.0. The molecule has 0 spiro atoms. The highest BCUT2D eigenvalue weighted by Gasteiger charge is 2.24. The van der Waals surface area contributed by atoms with Crippen LogP contribution in [0.2, 0.25) is 0 Å². The molecule has 1 amide bonds. The van der Waals surface area contributed by atoms with Gasteiger partial charge in [-0.2, -0.15) is 0 Å². The van der Waals surface area contributed by atoms with Crippen LogP contribution < -0.4 is 10.6 Å². The molecule has 1 aromatic carbocycles. The fourth-order valence-electron chi connectivity index (χ4n) is 2.18. The second-order valence-electron chi connectivity index (χ2n) is 4.38. The molecular weight excluding hydrogens is 200 g/mol. The van der Waals surface area contributed by atoms with Crippen molar-refractivity contribution in [2.24, 2.45) is 0 Å². The van der Waals surface area contributed by atoms with Crippen LogP contribution in [0, 0.1) is 6.92 Å². The highest BCUT2D eigenvalue weighted by atomic mass is 16.2. The van der Waals surface area contributed by atoms with Crippen molar-refractivity contribution in [2.45, 2.75) is 33.1 Å². The van der Waals surface area contributed by atoms with Crippen molar-refractivity contribution in [1.29, 1.82) is 0 Å². The summed E-state index contributed by atoms with van der Waals surface area (Å²) in [7, 11) is 0. The van der Waals surface area contributed by atoms with E-state index in [1.807, 2.05) is 24.8 Å². The number of nitrogens with two attached hydrogens (primary N) is 1. The van der Waals surface area contributed by atoms with E-state index in [2.05, 4.69) is 6.07 Å². The molecule has 16 heavy (non-hydrogen) atoms. The van der Waals surface area contributed by atoms with Crippen molar-refractivity contribution >= 4 is 17.3 Å². The van der Waals surface area contributed by atoms with Crippen molar-refractivity contribution in [3.63, 3.8) is 0 Å². The fourth-order valence-corrected chi connectivity index (χ4v) is 2.18. The van der Waals surface area contributed by atoms with Crippen LogP contribution >= 0.6 is 0 Å². The van der Waals surface area contributed by atoms with Crippen LogP contribution in [0.25, 0.3) is 0 Å². The van der Waals surface area contributed by atoms with E-state index in [-0.39, 0.29) is 5.91 Å². The SMILES string of the molecule is CCCC(=O)N1CCc2cc(C)c(N)cc21. The molecule has 3 nitrogen and oxygen atoms in total. The Morgan fingerprint density at radius 1 is 1.50 bits per heavy atom. The van der Waals surface area contributed by atoms with Gasteiger partial charge in [0.25, 0.3) is 0 Å². The van der Waals surface area contributed by atoms with Crippen LogP contribution in [0.15, 0.2) is 12.1 Å². The van der Waals surface area contributed by atoms with Gasteiger partial charge in [0.05, 0.1) is 0 Å². The standard InChI is InChI=1S/C13H18N2O/c1-3-4-13(16)15-6-5-10-7-9(2)11(14)8-12(10)15/h7-8H,3-6,14H2,1-2H3. The predicted molar refractivity (Wildman–Crippen MR) is 66.6 cm³/mol. The number of fused-ring (bicyclic) bond motifs is 1. The summed E-state index contributed by atoms with van der Waals surface area (Å²) in [6.45, 7) is 4.83. The molecule has 1 heterocycles. The van der Waals surface area contributed by atoms with Crippen molar-refractivity contribution < 1.29 is 4.79 Å². The Labute approximate surface area is 96.2 Å². The highest BCUT2D eigenvalue weighted by Crippen LogP contribution is 2.32. The van der Waals surface area contributed by atoms with Gasteiger partial charge in [-0.1, -0.05) is 13.0 Å². The molecule has 0 unspecified atom stereocenters. The lowest BCUT2D eigenvalue weighted by Gasteiger charge is -2.17. The molecule has 0 saturated heterocycles. The van der Waals surface area contributed by atoms with E-state index < -0.39 is 0 Å². The minimum Gasteiger partial charge on any atom is -0.398 e. The lowest BCUT2D eigenvalue weighted by molar-refractivity contribution is -0.118. The smallest absolute Gasteiger partial charge is 0.226 e. The molecule has 1 aliphatic heterocycles. The molecule has 0 bridgehead atoms. The van der Waals surface area contributed by atoms with Crippen molar-refractivity contribution in [1.82, 2.24) is 0 Å². The highest BCUT2D eigenvalue weighted by molar-refractivity contribution is 5.96. The van der Waals surface area contributed by atoms with E-state index >= 15 is 0 Å². The minimum absolute atomic E-state index is 0.213. The zero-order valence-electron chi connectivity index (χ0n) is 9.92. The Kier molecular flexibility index (Phi) is 2.86. The summed E-state index contributed by atoms with van der Waals surface area (Å²) < 4.78 is 0. The van der Waals surface area contributed by atoms with Crippen molar-refractivity contribution in [3.05, 3.63) is 23.3 Å². The Balaban J connectivity index is 2.32. The second kappa shape index (κ2) is 4.16. The summed E-state index contributed by atoms with van der Waals surface area (Å²) >= 11 is 0. The van der Waals surface area contributed by atoms with Gasteiger partial charge in [0, 0.05) is 24.3 Å². The Bertz CT molecular complexity index is 426. The molecule has 2 N–H and O–H groups in total. The van der Waals surface area contributed by atoms with Gasteiger partial charge >= 0.3 is 0 Å². The number of aryl methyl sites for hydroxylation is 1. The zero-order chi connectivity index (χ0) is 11.7. The van der Waals surface area contributed by atoms with Crippen LogP contribution in [-0.2, 0) is 11.2 Å². The first-order chi connectivity index (χ1) is 7.63. The number of amides is 1. The molecule has 86 valence electrons. The van der Waals surface area contributed by atoms with Crippen molar-refractivity contribution in [2.75, 3.05) is 17.2 Å². The molecule has 0 saturated carbocycles. The first kappa shape index (κ1) is 11.0. The second-order valence-corrected chi connectivity index (χ2v) is 4.38. The zero-order valence-corrected chi connectivity index (χ0v) is 9.92. The first-order valence-corrected chi connectivity index (χ1v) is 5.83. The van der Waals surface area contributed by atoms with E-state index in [4.69, 9.17) is 5.73 Å². The Morgan fingerprint density at radius 3 is 2.94 bits per heavy atom. The number of hydrogen-bond acceptors (Lipinski definition) is 2. The third-order valence-corrected chi connectivity index (χ3v) is 3.13. The summed E-state index contributed by atoms with van der Waals surface area (Å²) in [5.74, 6) is 0.213. The van der Waals surface area contributed by atoms with E-state index in [1.54, 1.807) is 0 Å². The summed E-state index contributed by atoms with van der Waals surface area (Å²) in [6, 6.07) is 4.04. The largest absolute Gasteiger partial charge is 0.398 e. The molecule has 0 radical (unpaired) electrons. The maximum absolute atomic E-state index is 11.9. The third kappa shape index (κ3) is 1.77. The number of benzene rings is 1. The number of nitrogens with zero attached hydrogens (tertiary/aromatic N) is 1. The molecule has 0 aromatic heterocycles. The number of rotatable bonds is 2. The summed E-state index contributed by atoms with van der Waals surface area (Å²) in [4.78, 5) is 13.8. The topological polar surface area (TPSA) is 46.3 Å². The van der Waals surface area contributed by atoms with E-state index in [0.717, 1.165) is 36.3 Å². The Morgan fingerprint density at radius 2 is 2.25 bits per heavy atom. The molecule has 0 aliphatic carbocycles. The average Bonchev–Trinajstić information content (AvgIpc) is 2.62. The quantitative estimate of drug-likeness (QED) is 0.774. The van der Waals surface area contributed by atoms with Crippen molar-refractivity contribution in [3.8, 4) is 0 Å². The number of anilines is 2. The lowest BCUT2D eigenvalue weighted by atomic mass is 10.1. The molecule has 1 aliphatic rings. The monoisotopic (exact) mass is 218 g/mol. The van der Waals surface area contributed by atoms with Crippen LogP contribution in [0.5, 0.6) is 0 Å². The summed E-state index contributed by atoms with van der Waals surface area (Å²) in [6.07, 6.45) is 2.46. The third-order valence-electron chi connectivity index (χ3n) is 3.13. The summed E-state index contributed by atoms with van der Waals surface area (Å²) in [5, 5.41) is 0. The van der Waals surface area contributed by atoms with Gasteiger partial charge in [-0.15, -0.1) is 0 Å². The van der Waals surface area contributed by atoms with Gasteiger partial charge in [-0.25, -0.2) is 0 Å². The van der Waals surface area contributed by atoms with Gasteiger partial charge < -0.3 is 10.6 Å². The number of nitrogen functional groups attached to an aromatic ring is 1. The molecule has 3 heteroatoms. The van der Waals surface area contributed by atoms with Gasteiger partial charge in [-0.3, -0.25) is 4.79 Å². The summed E-state index contributed by atoms with van der Waals surface area (Å²) in [5.41, 5.74) is 10.0. The van der Waals surface area contributed by atoms with E-state index in [0.29, 0.717) is 6.42 Å². The Hall–Kier alpha value is -1.51. The molecule has 1 aromatic rings. The van der Waals surface area contributed by atoms with E-state index in [9.17, 15) is 4.79 Å². The first-order valence-electron chi connectivity index (χ1n) is 5.83. The van der Waals surface area contributed by atoms with Crippen LogP contribution in [0.4, 0.5) is 11.4 Å². The molecule has 2 rings (SSSR count). The molecule has 0 fully saturated rings. The number of carbonyl (C=O) groups is 1. The van der Waals surface area contributed by atoms with Gasteiger partial charge in [-0.05, 0) is 37.0 Å². The fraction of sp³-hybridized carbons (Fsp3) is 0.462. The van der Waals surface area contributed by atoms with E-state index in [1.165, 1.54) is 5.56 Å². The van der Waals surface area contributed by atoms with Crippen LogP contribution in [0.3, 0.4) is 0 Å². The lowest BCUT2D eigenvalue weighted by Crippen LogP contribution is -2.28. The maximum atomic E-state index is 11.9. The van der Waals surface area contributed by atoms with Crippen LogP contribution in [-0.4, -0.2) is 12.5 Å². The average molecular weight is 218 g/mol. The predicted octanol–water partition coefficient (Wildman–Crippen LogP) is 2.27. The van der Waals surface area contributed by atoms with Gasteiger partial charge in [0.15, 0.2) is 0 Å². The maximum Gasteiger partial charge on any atom is 0.226 e.